The number of carbonyl (C=O) groups excluding carboxylic acids is 2. The van der Waals surface area contributed by atoms with E-state index in [4.69, 9.17) is 0 Å². The van der Waals surface area contributed by atoms with Crippen LogP contribution in [0.4, 0.5) is 5.69 Å². The van der Waals surface area contributed by atoms with Crippen molar-refractivity contribution in [1.82, 2.24) is 10.2 Å². The Morgan fingerprint density at radius 2 is 1.49 bits per heavy atom. The van der Waals surface area contributed by atoms with Gasteiger partial charge < -0.3 is 10.2 Å². The third-order valence-electron chi connectivity index (χ3n) is 7.72. The Bertz CT molecular complexity index is 1420. The number of anilines is 1. The number of carbonyl (C=O) groups is 2. The lowest BCUT2D eigenvalue weighted by atomic mass is 9.94. The minimum atomic E-state index is -3.80. The number of hydrogen-bond donors (Lipinski definition) is 1. The number of rotatable bonds is 11. The number of nitrogens with zero attached hydrogens (tertiary/aromatic N) is 2. The topological polar surface area (TPSA) is 86.8 Å². The van der Waals surface area contributed by atoms with Gasteiger partial charge in [-0.15, -0.1) is 0 Å². The molecule has 0 heterocycles. The number of amides is 2. The summed E-state index contributed by atoms with van der Waals surface area (Å²) < 4.78 is 27.2. The number of aryl methyl sites for hydroxylation is 2. The van der Waals surface area contributed by atoms with Gasteiger partial charge in [-0.1, -0.05) is 97.6 Å². The van der Waals surface area contributed by atoms with E-state index in [1.807, 2.05) is 86.6 Å². The molecule has 0 radical (unpaired) electrons. The third-order valence-corrected chi connectivity index (χ3v) is 8.85. The van der Waals surface area contributed by atoms with Gasteiger partial charge >= 0.3 is 0 Å². The van der Waals surface area contributed by atoms with Gasteiger partial charge in [-0.05, 0) is 49.4 Å². The molecule has 3 aromatic carbocycles. The van der Waals surface area contributed by atoms with Crippen molar-refractivity contribution >= 4 is 27.5 Å². The van der Waals surface area contributed by atoms with E-state index in [0.717, 1.165) is 64.9 Å². The molecule has 4 rings (SSSR count). The maximum absolute atomic E-state index is 14.2. The smallest absolute Gasteiger partial charge is 0.244 e. The van der Waals surface area contributed by atoms with E-state index in [1.165, 1.54) is 0 Å². The van der Waals surface area contributed by atoms with Crippen LogP contribution in [0.1, 0.15) is 54.4 Å². The van der Waals surface area contributed by atoms with Gasteiger partial charge in [0.1, 0.15) is 12.6 Å². The number of hydrogen-bond acceptors (Lipinski definition) is 4. The fourth-order valence-corrected chi connectivity index (χ4v) is 6.47. The quantitative estimate of drug-likeness (QED) is 0.342. The van der Waals surface area contributed by atoms with Gasteiger partial charge in [0.15, 0.2) is 0 Å². The van der Waals surface area contributed by atoms with Gasteiger partial charge in [-0.3, -0.25) is 13.9 Å². The molecule has 1 saturated carbocycles. The summed E-state index contributed by atoms with van der Waals surface area (Å²) in [5.41, 5.74) is 4.00. The average Bonchev–Trinajstić information content (AvgIpc) is 2.95. The van der Waals surface area contributed by atoms with Crippen molar-refractivity contribution in [2.75, 3.05) is 17.1 Å². The molecular formula is C33H41N3O4S. The van der Waals surface area contributed by atoms with Crippen LogP contribution in [-0.2, 0) is 32.6 Å². The Balaban J connectivity index is 1.72. The lowest BCUT2D eigenvalue weighted by molar-refractivity contribution is -0.140. The number of nitrogens with one attached hydrogen (secondary N) is 1. The van der Waals surface area contributed by atoms with Crippen LogP contribution in [0, 0.1) is 13.8 Å². The summed E-state index contributed by atoms with van der Waals surface area (Å²) in [5.74, 6) is -0.638. The highest BCUT2D eigenvalue weighted by molar-refractivity contribution is 7.92. The van der Waals surface area contributed by atoms with Crippen LogP contribution in [0.15, 0.2) is 78.9 Å². The molecule has 3 aromatic rings. The van der Waals surface area contributed by atoms with Crippen LogP contribution < -0.4 is 9.62 Å². The maximum atomic E-state index is 14.2. The fourth-order valence-electron chi connectivity index (χ4n) is 5.56. The molecule has 218 valence electrons. The Morgan fingerprint density at radius 1 is 0.878 bits per heavy atom. The highest BCUT2D eigenvalue weighted by Gasteiger charge is 2.34. The Hall–Kier alpha value is -3.65. The molecule has 0 spiro atoms. The molecule has 1 aliphatic rings. The van der Waals surface area contributed by atoms with E-state index in [0.29, 0.717) is 12.1 Å². The molecule has 1 fully saturated rings. The van der Waals surface area contributed by atoms with Crippen molar-refractivity contribution in [1.29, 1.82) is 0 Å². The fraction of sp³-hybridized carbons (Fsp3) is 0.394. The van der Waals surface area contributed by atoms with Crippen LogP contribution in [0.3, 0.4) is 0 Å². The molecule has 1 atom stereocenters. The molecule has 1 N–H and O–H groups in total. The summed E-state index contributed by atoms with van der Waals surface area (Å²) in [4.78, 5) is 29.7. The summed E-state index contributed by atoms with van der Waals surface area (Å²) in [7, 11) is -3.80. The van der Waals surface area contributed by atoms with E-state index in [1.54, 1.807) is 11.0 Å². The average molecular weight is 576 g/mol. The first-order valence-corrected chi connectivity index (χ1v) is 16.2. The summed E-state index contributed by atoms with van der Waals surface area (Å²) in [6.45, 7) is 3.55. The molecule has 1 aliphatic carbocycles. The molecule has 0 saturated heterocycles. The first kappa shape index (κ1) is 30.3. The Kier molecular flexibility index (Phi) is 10.2. The zero-order valence-electron chi connectivity index (χ0n) is 24.3. The standard InChI is InChI=1S/C33H41N3O4S/c1-25-19-20-30(26(2)21-25)36(41(3,39)40)24-32(37)35(23-28-15-9-5-10-16-28)31(22-27-13-7-4-8-14-27)33(38)34-29-17-11-6-12-18-29/h4-5,7-10,13-16,19-21,29,31H,6,11-12,17-18,22-24H2,1-3H3,(H,34,38)/t31-/m0/s1. The molecule has 0 bridgehead atoms. The van der Waals surface area contributed by atoms with E-state index >= 15 is 0 Å². The molecule has 2 amide bonds. The van der Waals surface area contributed by atoms with Crippen molar-refractivity contribution in [3.05, 3.63) is 101 Å². The first-order chi connectivity index (χ1) is 19.6. The molecule has 7 nitrogen and oxygen atoms in total. The Morgan fingerprint density at radius 3 is 2.07 bits per heavy atom. The minimum Gasteiger partial charge on any atom is -0.352 e. The van der Waals surface area contributed by atoms with Crippen molar-refractivity contribution in [3.63, 3.8) is 0 Å². The monoisotopic (exact) mass is 575 g/mol. The van der Waals surface area contributed by atoms with Crippen LogP contribution >= 0.6 is 0 Å². The highest BCUT2D eigenvalue weighted by atomic mass is 32.2. The molecule has 41 heavy (non-hydrogen) atoms. The van der Waals surface area contributed by atoms with Crippen molar-refractivity contribution in [3.8, 4) is 0 Å². The van der Waals surface area contributed by atoms with Crippen molar-refractivity contribution in [2.45, 2.75) is 71.0 Å². The molecule has 8 heteroatoms. The van der Waals surface area contributed by atoms with E-state index in [-0.39, 0.29) is 18.5 Å². The Labute approximate surface area is 244 Å². The lowest BCUT2D eigenvalue weighted by Gasteiger charge is -2.35. The SMILES string of the molecule is Cc1ccc(N(CC(=O)N(Cc2ccccc2)[C@@H](Cc2ccccc2)C(=O)NC2CCCCC2)S(C)(=O)=O)c(C)c1. The number of benzene rings is 3. The molecule has 0 aromatic heterocycles. The van der Waals surface area contributed by atoms with E-state index in [2.05, 4.69) is 5.32 Å². The van der Waals surface area contributed by atoms with Crippen molar-refractivity contribution in [2.24, 2.45) is 0 Å². The van der Waals surface area contributed by atoms with E-state index in [9.17, 15) is 18.0 Å². The summed E-state index contributed by atoms with van der Waals surface area (Å²) in [6.07, 6.45) is 6.58. The second-order valence-corrected chi connectivity index (χ2v) is 13.0. The maximum Gasteiger partial charge on any atom is 0.244 e. The second-order valence-electron chi connectivity index (χ2n) is 11.1. The van der Waals surface area contributed by atoms with Crippen LogP contribution in [0.2, 0.25) is 0 Å². The number of sulfonamides is 1. The largest absolute Gasteiger partial charge is 0.352 e. The van der Waals surface area contributed by atoms with E-state index < -0.39 is 28.5 Å². The van der Waals surface area contributed by atoms with Crippen LogP contribution in [-0.4, -0.2) is 50.0 Å². The predicted octanol–water partition coefficient (Wildman–Crippen LogP) is 5.16. The molecular weight excluding hydrogens is 534 g/mol. The summed E-state index contributed by atoms with van der Waals surface area (Å²) >= 11 is 0. The second kappa shape index (κ2) is 13.8. The highest BCUT2D eigenvalue weighted by Crippen LogP contribution is 2.25. The van der Waals surface area contributed by atoms with Gasteiger partial charge in [0.25, 0.3) is 0 Å². The van der Waals surface area contributed by atoms with Gasteiger partial charge in [0, 0.05) is 19.0 Å². The first-order valence-electron chi connectivity index (χ1n) is 14.3. The van der Waals surface area contributed by atoms with Gasteiger partial charge in [-0.2, -0.15) is 0 Å². The summed E-state index contributed by atoms with van der Waals surface area (Å²) in [6, 6.07) is 23.9. The zero-order valence-corrected chi connectivity index (χ0v) is 25.1. The van der Waals surface area contributed by atoms with Crippen LogP contribution in [0.25, 0.3) is 0 Å². The zero-order chi connectivity index (χ0) is 29.4. The predicted molar refractivity (Wildman–Crippen MR) is 164 cm³/mol. The molecule has 0 unspecified atom stereocenters. The normalized spacial score (nSPS) is 14.7. The minimum absolute atomic E-state index is 0.0749. The van der Waals surface area contributed by atoms with Gasteiger partial charge in [-0.25, -0.2) is 8.42 Å². The van der Waals surface area contributed by atoms with Crippen LogP contribution in [0.5, 0.6) is 0 Å². The van der Waals surface area contributed by atoms with Gasteiger partial charge in [0.05, 0.1) is 11.9 Å². The van der Waals surface area contributed by atoms with Crippen molar-refractivity contribution < 1.29 is 18.0 Å². The third kappa shape index (κ3) is 8.43. The summed E-state index contributed by atoms with van der Waals surface area (Å²) in [5, 5.41) is 3.23. The lowest BCUT2D eigenvalue weighted by Crippen LogP contribution is -2.55. The molecule has 0 aliphatic heterocycles. The van der Waals surface area contributed by atoms with Gasteiger partial charge in [0.2, 0.25) is 21.8 Å².